The van der Waals surface area contributed by atoms with Crippen LogP contribution >= 0.6 is 0 Å². The fraction of sp³-hybridized carbons (Fsp3) is 0.444. The van der Waals surface area contributed by atoms with Crippen molar-refractivity contribution in [2.45, 2.75) is 37.8 Å². The number of hydrogen-bond donors (Lipinski definition) is 2. The Morgan fingerprint density at radius 2 is 2.00 bits per heavy atom. The largest absolute Gasteiger partial charge is 0.507 e. The SMILES string of the molecule is COC1(CNC(C)c2ccc3ccccc3c2O)CCC1. The van der Waals surface area contributed by atoms with Gasteiger partial charge in [0.1, 0.15) is 5.75 Å². The Kier molecular flexibility index (Phi) is 3.87. The van der Waals surface area contributed by atoms with E-state index >= 15 is 0 Å². The van der Waals surface area contributed by atoms with E-state index in [0.717, 1.165) is 35.7 Å². The van der Waals surface area contributed by atoms with Gasteiger partial charge in [-0.1, -0.05) is 36.4 Å². The maximum atomic E-state index is 10.5. The molecule has 21 heavy (non-hydrogen) atoms. The first-order valence-electron chi connectivity index (χ1n) is 7.64. The summed E-state index contributed by atoms with van der Waals surface area (Å²) >= 11 is 0. The van der Waals surface area contributed by atoms with Crippen LogP contribution in [0.4, 0.5) is 0 Å². The van der Waals surface area contributed by atoms with Gasteiger partial charge in [0.15, 0.2) is 0 Å². The van der Waals surface area contributed by atoms with Crippen LogP contribution in [-0.2, 0) is 4.74 Å². The van der Waals surface area contributed by atoms with E-state index in [0.29, 0.717) is 5.75 Å². The molecule has 0 amide bonds. The number of fused-ring (bicyclic) bond motifs is 1. The van der Waals surface area contributed by atoms with E-state index in [4.69, 9.17) is 4.74 Å². The number of nitrogens with one attached hydrogen (secondary N) is 1. The van der Waals surface area contributed by atoms with Crippen molar-refractivity contribution in [2.24, 2.45) is 0 Å². The van der Waals surface area contributed by atoms with E-state index < -0.39 is 0 Å². The number of rotatable bonds is 5. The number of phenols is 1. The molecule has 1 saturated carbocycles. The van der Waals surface area contributed by atoms with Crippen molar-refractivity contribution in [1.29, 1.82) is 0 Å². The molecule has 0 heterocycles. The Morgan fingerprint density at radius 1 is 1.24 bits per heavy atom. The molecule has 2 N–H and O–H groups in total. The van der Waals surface area contributed by atoms with Crippen LogP contribution in [0.1, 0.15) is 37.8 Å². The van der Waals surface area contributed by atoms with Crippen LogP contribution in [0.25, 0.3) is 10.8 Å². The van der Waals surface area contributed by atoms with E-state index in [9.17, 15) is 5.11 Å². The third kappa shape index (κ3) is 2.63. The van der Waals surface area contributed by atoms with Crippen LogP contribution < -0.4 is 5.32 Å². The molecule has 112 valence electrons. The van der Waals surface area contributed by atoms with Gasteiger partial charge < -0.3 is 15.2 Å². The lowest BCUT2D eigenvalue weighted by Gasteiger charge is -2.41. The minimum Gasteiger partial charge on any atom is -0.507 e. The van der Waals surface area contributed by atoms with Crippen LogP contribution in [-0.4, -0.2) is 24.4 Å². The summed E-state index contributed by atoms with van der Waals surface area (Å²) in [7, 11) is 1.79. The van der Waals surface area contributed by atoms with Crippen LogP contribution in [0.2, 0.25) is 0 Å². The van der Waals surface area contributed by atoms with Crippen LogP contribution in [0, 0.1) is 0 Å². The summed E-state index contributed by atoms with van der Waals surface area (Å²) in [4.78, 5) is 0. The maximum absolute atomic E-state index is 10.5. The van der Waals surface area contributed by atoms with E-state index in [2.05, 4.69) is 18.3 Å². The van der Waals surface area contributed by atoms with Crippen molar-refractivity contribution in [3.05, 3.63) is 42.0 Å². The number of ether oxygens (including phenoxy) is 1. The van der Waals surface area contributed by atoms with Gasteiger partial charge in [0, 0.05) is 30.6 Å². The summed E-state index contributed by atoms with van der Waals surface area (Å²) in [6, 6.07) is 12.1. The van der Waals surface area contributed by atoms with Gasteiger partial charge in [-0.15, -0.1) is 0 Å². The molecular formula is C18H23NO2. The first kappa shape index (κ1) is 14.4. The molecule has 1 fully saturated rings. The molecule has 3 heteroatoms. The molecule has 0 spiro atoms. The third-order valence-electron chi connectivity index (χ3n) is 4.83. The van der Waals surface area contributed by atoms with Gasteiger partial charge in [-0.25, -0.2) is 0 Å². The molecule has 1 aliphatic rings. The van der Waals surface area contributed by atoms with Crippen LogP contribution in [0.15, 0.2) is 36.4 Å². The maximum Gasteiger partial charge on any atom is 0.128 e. The highest BCUT2D eigenvalue weighted by molar-refractivity contribution is 5.89. The zero-order chi connectivity index (χ0) is 14.9. The van der Waals surface area contributed by atoms with Gasteiger partial charge >= 0.3 is 0 Å². The van der Waals surface area contributed by atoms with Crippen molar-refractivity contribution in [1.82, 2.24) is 5.32 Å². The second-order valence-corrected chi connectivity index (χ2v) is 6.07. The van der Waals surface area contributed by atoms with E-state index in [1.165, 1.54) is 6.42 Å². The highest BCUT2D eigenvalue weighted by Crippen LogP contribution is 2.36. The number of methoxy groups -OCH3 is 1. The standard InChI is InChI=1S/C18H23NO2/c1-13(19-12-18(21-2)10-5-11-18)15-9-8-14-6-3-4-7-16(14)17(15)20/h3-4,6-9,13,19-20H,5,10-12H2,1-2H3. The van der Waals surface area contributed by atoms with E-state index in [1.54, 1.807) is 7.11 Å². The van der Waals surface area contributed by atoms with Crippen molar-refractivity contribution in [2.75, 3.05) is 13.7 Å². The van der Waals surface area contributed by atoms with Gasteiger partial charge in [0.2, 0.25) is 0 Å². The number of benzene rings is 2. The molecule has 3 rings (SSSR count). The Labute approximate surface area is 125 Å². The molecule has 1 aliphatic carbocycles. The monoisotopic (exact) mass is 285 g/mol. The lowest BCUT2D eigenvalue weighted by molar-refractivity contribution is -0.0706. The smallest absolute Gasteiger partial charge is 0.128 e. The highest BCUT2D eigenvalue weighted by atomic mass is 16.5. The van der Waals surface area contributed by atoms with Gasteiger partial charge in [-0.3, -0.25) is 0 Å². The number of hydrogen-bond acceptors (Lipinski definition) is 3. The van der Waals surface area contributed by atoms with Crippen molar-refractivity contribution >= 4 is 10.8 Å². The van der Waals surface area contributed by atoms with Gasteiger partial charge in [0.05, 0.1) is 5.60 Å². The number of aromatic hydroxyl groups is 1. The van der Waals surface area contributed by atoms with Crippen LogP contribution in [0.5, 0.6) is 5.75 Å². The molecule has 0 bridgehead atoms. The molecule has 0 aromatic heterocycles. The normalized spacial score (nSPS) is 18.4. The zero-order valence-electron chi connectivity index (χ0n) is 12.7. The van der Waals surface area contributed by atoms with Gasteiger partial charge in [-0.2, -0.15) is 0 Å². The fourth-order valence-electron chi connectivity index (χ4n) is 3.09. The predicted molar refractivity (Wildman–Crippen MR) is 85.6 cm³/mol. The van der Waals surface area contributed by atoms with Crippen molar-refractivity contribution < 1.29 is 9.84 Å². The molecule has 3 nitrogen and oxygen atoms in total. The molecule has 0 radical (unpaired) electrons. The highest BCUT2D eigenvalue weighted by Gasteiger charge is 2.37. The zero-order valence-corrected chi connectivity index (χ0v) is 12.7. The van der Waals surface area contributed by atoms with E-state index in [-0.39, 0.29) is 11.6 Å². The second kappa shape index (κ2) is 5.66. The second-order valence-electron chi connectivity index (χ2n) is 6.07. The lowest BCUT2D eigenvalue weighted by Crippen LogP contribution is -2.48. The Hall–Kier alpha value is -1.58. The molecular weight excluding hydrogens is 262 g/mol. The quantitative estimate of drug-likeness (QED) is 0.878. The predicted octanol–water partition coefficient (Wildman–Crippen LogP) is 3.77. The summed E-state index contributed by atoms with van der Waals surface area (Å²) in [5, 5.41) is 16.0. The fourth-order valence-corrected chi connectivity index (χ4v) is 3.09. The third-order valence-corrected chi connectivity index (χ3v) is 4.83. The summed E-state index contributed by atoms with van der Waals surface area (Å²) < 4.78 is 5.64. The molecule has 1 unspecified atom stereocenters. The first-order chi connectivity index (χ1) is 10.2. The summed E-state index contributed by atoms with van der Waals surface area (Å²) in [6.07, 6.45) is 3.48. The first-order valence-corrected chi connectivity index (χ1v) is 7.64. The molecule has 2 aromatic carbocycles. The average Bonchev–Trinajstić information content (AvgIpc) is 2.47. The minimum absolute atomic E-state index is 0.000722. The summed E-state index contributed by atoms with van der Waals surface area (Å²) in [5.41, 5.74) is 0.944. The van der Waals surface area contributed by atoms with Gasteiger partial charge in [-0.05, 0) is 31.6 Å². The van der Waals surface area contributed by atoms with Crippen LogP contribution in [0.3, 0.4) is 0 Å². The van der Waals surface area contributed by atoms with E-state index in [1.807, 2.05) is 30.3 Å². The Balaban J connectivity index is 1.78. The lowest BCUT2D eigenvalue weighted by atomic mass is 9.79. The topological polar surface area (TPSA) is 41.5 Å². The summed E-state index contributed by atoms with van der Waals surface area (Å²) in [5.74, 6) is 0.383. The van der Waals surface area contributed by atoms with Crippen molar-refractivity contribution in [3.63, 3.8) is 0 Å². The average molecular weight is 285 g/mol. The Morgan fingerprint density at radius 3 is 2.67 bits per heavy atom. The van der Waals surface area contributed by atoms with Crippen molar-refractivity contribution in [3.8, 4) is 5.75 Å². The molecule has 0 saturated heterocycles. The molecule has 2 aromatic rings. The Bertz CT molecular complexity index is 629. The molecule has 1 atom stereocenters. The minimum atomic E-state index is 0.000722. The van der Waals surface area contributed by atoms with Gasteiger partial charge in [0.25, 0.3) is 0 Å². The summed E-state index contributed by atoms with van der Waals surface area (Å²) in [6.45, 7) is 2.92. The molecule has 0 aliphatic heterocycles. The number of phenolic OH excluding ortho intramolecular Hbond substituents is 1.